The molecule has 0 unspecified atom stereocenters. The summed E-state index contributed by atoms with van der Waals surface area (Å²) in [5.41, 5.74) is 6.98. The third-order valence-electron chi connectivity index (χ3n) is 3.01. The first-order valence-electron chi connectivity index (χ1n) is 6.54. The number of aromatic nitrogens is 5. The molecule has 0 amide bonds. The van der Waals surface area contributed by atoms with Gasteiger partial charge in [0.2, 0.25) is 0 Å². The van der Waals surface area contributed by atoms with Gasteiger partial charge in [-0.15, -0.1) is 5.10 Å². The van der Waals surface area contributed by atoms with Crippen LogP contribution in [0.15, 0.2) is 41.5 Å². The summed E-state index contributed by atoms with van der Waals surface area (Å²) in [4.78, 5) is 22.8. The minimum atomic E-state index is -0.207. The maximum atomic E-state index is 11.6. The zero-order valence-corrected chi connectivity index (χ0v) is 11.4. The second-order valence-electron chi connectivity index (χ2n) is 4.54. The van der Waals surface area contributed by atoms with Gasteiger partial charge in [-0.1, -0.05) is 6.92 Å². The van der Waals surface area contributed by atoms with Crippen LogP contribution in [-0.4, -0.2) is 24.7 Å². The molecule has 106 valence electrons. The average Bonchev–Trinajstić information content (AvgIpc) is 2.97. The summed E-state index contributed by atoms with van der Waals surface area (Å²) in [6, 6.07) is 8.66. The number of nitrogen functional groups attached to an aromatic ring is 1. The van der Waals surface area contributed by atoms with Gasteiger partial charge in [0.1, 0.15) is 12.2 Å². The Kier molecular flexibility index (Phi) is 3.23. The molecule has 7 nitrogen and oxygen atoms in total. The summed E-state index contributed by atoms with van der Waals surface area (Å²) in [5.74, 6) is 1.61. The Morgan fingerprint density at radius 3 is 2.76 bits per heavy atom. The first kappa shape index (κ1) is 13.0. The van der Waals surface area contributed by atoms with Crippen molar-refractivity contribution in [3.05, 3.63) is 52.8 Å². The Balaban J connectivity index is 2.00. The maximum Gasteiger partial charge on any atom is 0.253 e. The SMILES string of the molecule is CCc1nc(-n2cnc(-c3ccc(N)cc3)n2)cc(=O)[nH]1. The van der Waals surface area contributed by atoms with Gasteiger partial charge in [-0.3, -0.25) is 4.79 Å². The number of nitrogens with one attached hydrogen (secondary N) is 1. The molecule has 0 saturated heterocycles. The second-order valence-corrected chi connectivity index (χ2v) is 4.54. The molecule has 0 aliphatic heterocycles. The molecule has 0 radical (unpaired) electrons. The summed E-state index contributed by atoms with van der Waals surface area (Å²) in [7, 11) is 0. The molecule has 3 rings (SSSR count). The highest BCUT2D eigenvalue weighted by Gasteiger charge is 2.08. The van der Waals surface area contributed by atoms with Crippen LogP contribution >= 0.6 is 0 Å². The lowest BCUT2D eigenvalue weighted by Crippen LogP contribution is -2.13. The fraction of sp³-hybridized carbons (Fsp3) is 0.143. The zero-order valence-electron chi connectivity index (χ0n) is 11.4. The molecule has 0 saturated carbocycles. The van der Waals surface area contributed by atoms with Gasteiger partial charge in [0.25, 0.3) is 5.56 Å². The summed E-state index contributed by atoms with van der Waals surface area (Å²) in [6.07, 6.45) is 2.18. The lowest BCUT2D eigenvalue weighted by atomic mass is 10.2. The Labute approximate surface area is 120 Å². The molecule has 0 spiro atoms. The fourth-order valence-corrected chi connectivity index (χ4v) is 1.92. The predicted octanol–water partition coefficient (Wildman–Crippen LogP) is 1.16. The average molecular weight is 282 g/mol. The largest absolute Gasteiger partial charge is 0.399 e. The van der Waals surface area contributed by atoms with Gasteiger partial charge in [0, 0.05) is 23.7 Å². The second kappa shape index (κ2) is 5.20. The molecule has 2 aromatic heterocycles. The van der Waals surface area contributed by atoms with Crippen molar-refractivity contribution >= 4 is 5.69 Å². The molecule has 1 aromatic carbocycles. The van der Waals surface area contributed by atoms with Crippen LogP contribution in [0.1, 0.15) is 12.7 Å². The Morgan fingerprint density at radius 1 is 1.29 bits per heavy atom. The topological polar surface area (TPSA) is 102 Å². The van der Waals surface area contributed by atoms with Crippen molar-refractivity contribution in [2.75, 3.05) is 5.73 Å². The fourth-order valence-electron chi connectivity index (χ4n) is 1.92. The van der Waals surface area contributed by atoms with E-state index in [1.165, 1.54) is 17.1 Å². The number of aryl methyl sites for hydroxylation is 1. The van der Waals surface area contributed by atoms with Gasteiger partial charge in [0.15, 0.2) is 11.6 Å². The lowest BCUT2D eigenvalue weighted by Gasteiger charge is -2.01. The Morgan fingerprint density at radius 2 is 2.05 bits per heavy atom. The standard InChI is InChI=1S/C14H14N6O/c1-2-11-17-12(7-13(21)18-11)20-8-16-14(19-20)9-3-5-10(15)6-4-9/h3-8H,2,15H2,1H3,(H,17,18,21). The molecule has 2 heterocycles. The van der Waals surface area contributed by atoms with E-state index in [1.54, 1.807) is 12.1 Å². The van der Waals surface area contributed by atoms with Crippen LogP contribution in [0.3, 0.4) is 0 Å². The van der Waals surface area contributed by atoms with E-state index in [4.69, 9.17) is 5.73 Å². The van der Waals surface area contributed by atoms with Gasteiger partial charge in [-0.05, 0) is 24.3 Å². The molecule has 0 aliphatic rings. The van der Waals surface area contributed by atoms with E-state index < -0.39 is 0 Å². The predicted molar refractivity (Wildman–Crippen MR) is 79.0 cm³/mol. The third kappa shape index (κ3) is 2.66. The highest BCUT2D eigenvalue weighted by atomic mass is 16.1. The van der Waals surface area contributed by atoms with E-state index in [2.05, 4.69) is 20.1 Å². The summed E-state index contributed by atoms with van der Waals surface area (Å²) >= 11 is 0. The van der Waals surface area contributed by atoms with Crippen molar-refractivity contribution in [1.29, 1.82) is 0 Å². The summed E-state index contributed by atoms with van der Waals surface area (Å²) < 4.78 is 1.49. The van der Waals surface area contributed by atoms with Crippen LogP contribution in [0.25, 0.3) is 17.2 Å². The van der Waals surface area contributed by atoms with Crippen molar-refractivity contribution in [2.24, 2.45) is 0 Å². The van der Waals surface area contributed by atoms with E-state index in [0.29, 0.717) is 29.6 Å². The van der Waals surface area contributed by atoms with Gasteiger partial charge in [0.05, 0.1) is 0 Å². The number of aromatic amines is 1. The minimum absolute atomic E-state index is 0.207. The quantitative estimate of drug-likeness (QED) is 0.702. The third-order valence-corrected chi connectivity index (χ3v) is 3.01. The molecule has 21 heavy (non-hydrogen) atoms. The summed E-state index contributed by atoms with van der Waals surface area (Å²) in [6.45, 7) is 1.92. The number of rotatable bonds is 3. The number of benzene rings is 1. The molecule has 0 bridgehead atoms. The lowest BCUT2D eigenvalue weighted by molar-refractivity contribution is 0.806. The summed E-state index contributed by atoms with van der Waals surface area (Å²) in [5, 5.41) is 4.35. The molecule has 3 N–H and O–H groups in total. The van der Waals surface area contributed by atoms with Crippen LogP contribution in [0.5, 0.6) is 0 Å². The Hall–Kier alpha value is -2.96. The number of nitrogens with zero attached hydrogens (tertiary/aromatic N) is 4. The highest BCUT2D eigenvalue weighted by molar-refractivity contribution is 5.58. The van der Waals surface area contributed by atoms with Crippen molar-refractivity contribution < 1.29 is 0 Å². The van der Waals surface area contributed by atoms with Gasteiger partial charge in [-0.25, -0.2) is 14.6 Å². The smallest absolute Gasteiger partial charge is 0.253 e. The maximum absolute atomic E-state index is 11.6. The van der Waals surface area contributed by atoms with E-state index in [1.807, 2.05) is 19.1 Å². The molecule has 0 fully saturated rings. The monoisotopic (exact) mass is 282 g/mol. The molecule has 3 aromatic rings. The van der Waals surface area contributed by atoms with Crippen molar-refractivity contribution in [2.45, 2.75) is 13.3 Å². The highest BCUT2D eigenvalue weighted by Crippen LogP contribution is 2.16. The van der Waals surface area contributed by atoms with Crippen LogP contribution in [0, 0.1) is 0 Å². The number of H-pyrrole nitrogens is 1. The number of hydrogen-bond donors (Lipinski definition) is 2. The number of nitrogens with two attached hydrogens (primary N) is 1. The Bertz CT molecular complexity index is 818. The van der Waals surface area contributed by atoms with Gasteiger partial charge >= 0.3 is 0 Å². The molecule has 7 heteroatoms. The van der Waals surface area contributed by atoms with E-state index >= 15 is 0 Å². The van der Waals surface area contributed by atoms with Crippen LogP contribution in [0.4, 0.5) is 5.69 Å². The van der Waals surface area contributed by atoms with E-state index in [9.17, 15) is 4.79 Å². The van der Waals surface area contributed by atoms with Crippen LogP contribution in [0.2, 0.25) is 0 Å². The number of hydrogen-bond acceptors (Lipinski definition) is 5. The first-order valence-corrected chi connectivity index (χ1v) is 6.54. The zero-order chi connectivity index (χ0) is 14.8. The molecular weight excluding hydrogens is 268 g/mol. The molecule has 0 atom stereocenters. The van der Waals surface area contributed by atoms with E-state index in [-0.39, 0.29) is 5.56 Å². The normalized spacial score (nSPS) is 10.7. The molecular formula is C14H14N6O. The molecule has 0 aliphatic carbocycles. The minimum Gasteiger partial charge on any atom is -0.399 e. The number of anilines is 1. The van der Waals surface area contributed by atoms with E-state index in [0.717, 1.165) is 5.56 Å². The van der Waals surface area contributed by atoms with Crippen LogP contribution < -0.4 is 11.3 Å². The van der Waals surface area contributed by atoms with Crippen molar-refractivity contribution in [1.82, 2.24) is 24.7 Å². The van der Waals surface area contributed by atoms with Crippen molar-refractivity contribution in [3.8, 4) is 17.2 Å². The first-order chi connectivity index (χ1) is 10.2. The van der Waals surface area contributed by atoms with Gasteiger partial charge < -0.3 is 10.7 Å². The van der Waals surface area contributed by atoms with Gasteiger partial charge in [-0.2, -0.15) is 0 Å². The van der Waals surface area contributed by atoms with Crippen molar-refractivity contribution in [3.63, 3.8) is 0 Å². The van der Waals surface area contributed by atoms with Crippen LogP contribution in [-0.2, 0) is 6.42 Å².